The lowest BCUT2D eigenvalue weighted by Crippen LogP contribution is -2.30. The van der Waals surface area contributed by atoms with Gasteiger partial charge < -0.3 is 14.6 Å². The first-order valence-corrected chi connectivity index (χ1v) is 6.88. The molecule has 1 aliphatic rings. The predicted molar refractivity (Wildman–Crippen MR) is 76.8 cm³/mol. The van der Waals surface area contributed by atoms with Crippen molar-refractivity contribution in [3.8, 4) is 5.75 Å². The molecule has 3 rings (SSSR count). The molecule has 1 unspecified atom stereocenters. The average Bonchev–Trinajstić information content (AvgIpc) is 3.16. The molecule has 2 aromatic rings. The van der Waals surface area contributed by atoms with Gasteiger partial charge in [-0.05, 0) is 43.2 Å². The molecule has 0 saturated carbocycles. The van der Waals surface area contributed by atoms with E-state index in [4.69, 9.17) is 4.74 Å². The summed E-state index contributed by atoms with van der Waals surface area (Å²) in [5, 5.41) is 0. The Kier molecular flexibility index (Phi) is 3.46. The number of carbonyl (C=O) groups is 1. The van der Waals surface area contributed by atoms with E-state index < -0.39 is 0 Å². The fourth-order valence-electron chi connectivity index (χ4n) is 2.81. The van der Waals surface area contributed by atoms with Crippen molar-refractivity contribution < 1.29 is 9.53 Å². The van der Waals surface area contributed by atoms with E-state index in [-0.39, 0.29) is 11.9 Å². The number of hydrogen-bond acceptors (Lipinski definition) is 2. The molecule has 4 heteroatoms. The molecule has 1 N–H and O–H groups in total. The maximum absolute atomic E-state index is 12.7. The van der Waals surface area contributed by atoms with Crippen molar-refractivity contribution in [2.45, 2.75) is 18.9 Å². The van der Waals surface area contributed by atoms with Gasteiger partial charge in [0.1, 0.15) is 5.75 Å². The molecule has 0 radical (unpaired) electrons. The van der Waals surface area contributed by atoms with Gasteiger partial charge in [0.25, 0.3) is 5.91 Å². The molecule has 1 atom stereocenters. The fraction of sp³-hybridized carbons (Fsp3) is 0.312. The van der Waals surface area contributed by atoms with Crippen LogP contribution in [0.2, 0.25) is 0 Å². The van der Waals surface area contributed by atoms with E-state index in [0.29, 0.717) is 11.3 Å². The van der Waals surface area contributed by atoms with Crippen molar-refractivity contribution >= 4 is 5.91 Å². The van der Waals surface area contributed by atoms with E-state index in [0.717, 1.165) is 25.1 Å². The number of H-pyrrole nitrogens is 1. The van der Waals surface area contributed by atoms with Crippen molar-refractivity contribution in [3.63, 3.8) is 0 Å². The monoisotopic (exact) mass is 270 g/mol. The second-order valence-electron chi connectivity index (χ2n) is 5.01. The zero-order valence-corrected chi connectivity index (χ0v) is 11.5. The molecule has 1 aromatic heterocycles. The summed E-state index contributed by atoms with van der Waals surface area (Å²) in [4.78, 5) is 17.8. The summed E-state index contributed by atoms with van der Waals surface area (Å²) in [6.07, 6.45) is 3.96. The Morgan fingerprint density at radius 1 is 1.35 bits per heavy atom. The molecule has 1 saturated heterocycles. The summed E-state index contributed by atoms with van der Waals surface area (Å²) in [5.41, 5.74) is 1.79. The summed E-state index contributed by atoms with van der Waals surface area (Å²) in [7, 11) is 1.61. The van der Waals surface area contributed by atoms with Crippen LogP contribution in [0.25, 0.3) is 0 Å². The van der Waals surface area contributed by atoms with E-state index in [2.05, 4.69) is 4.98 Å². The smallest absolute Gasteiger partial charge is 0.254 e. The lowest BCUT2D eigenvalue weighted by Gasteiger charge is -2.24. The van der Waals surface area contributed by atoms with E-state index >= 15 is 0 Å². The number of nitrogens with zero attached hydrogens (tertiary/aromatic N) is 1. The second kappa shape index (κ2) is 5.41. The number of nitrogens with one attached hydrogen (secondary N) is 1. The standard InChI is InChI=1S/C16H18N2O2/c1-20-13-6-2-5-12(11-13)16(19)18-10-4-8-15(18)14-7-3-9-17-14/h2-3,5-7,9,11,15,17H,4,8,10H2,1H3. The van der Waals surface area contributed by atoms with Crippen LogP contribution >= 0.6 is 0 Å². The molecule has 104 valence electrons. The molecule has 0 aliphatic carbocycles. The van der Waals surface area contributed by atoms with E-state index in [1.54, 1.807) is 13.2 Å². The van der Waals surface area contributed by atoms with Crippen LogP contribution in [-0.2, 0) is 0 Å². The topological polar surface area (TPSA) is 45.3 Å². The Hall–Kier alpha value is -2.23. The van der Waals surface area contributed by atoms with E-state index in [1.165, 1.54) is 0 Å². The molecule has 1 aromatic carbocycles. The van der Waals surface area contributed by atoms with Crippen LogP contribution in [0, 0.1) is 0 Å². The minimum atomic E-state index is 0.0704. The highest BCUT2D eigenvalue weighted by atomic mass is 16.5. The number of methoxy groups -OCH3 is 1. The van der Waals surface area contributed by atoms with Crippen LogP contribution in [0.5, 0.6) is 5.75 Å². The summed E-state index contributed by atoms with van der Waals surface area (Å²) in [6, 6.07) is 11.5. The minimum absolute atomic E-state index is 0.0704. The van der Waals surface area contributed by atoms with Gasteiger partial charge in [-0.25, -0.2) is 0 Å². The van der Waals surface area contributed by atoms with Crippen LogP contribution < -0.4 is 4.74 Å². The zero-order valence-electron chi connectivity index (χ0n) is 11.5. The first-order valence-electron chi connectivity index (χ1n) is 6.88. The van der Waals surface area contributed by atoms with Crippen molar-refractivity contribution in [3.05, 3.63) is 53.9 Å². The number of likely N-dealkylation sites (tertiary alicyclic amines) is 1. The lowest BCUT2D eigenvalue weighted by atomic mass is 10.1. The molecule has 4 nitrogen and oxygen atoms in total. The third-order valence-electron chi connectivity index (χ3n) is 3.81. The number of aromatic nitrogens is 1. The third kappa shape index (κ3) is 2.29. The predicted octanol–water partition coefficient (Wildman–Crippen LogP) is 3.00. The molecule has 1 aliphatic heterocycles. The third-order valence-corrected chi connectivity index (χ3v) is 3.81. The highest BCUT2D eigenvalue weighted by Gasteiger charge is 2.31. The highest BCUT2D eigenvalue weighted by molar-refractivity contribution is 5.95. The highest BCUT2D eigenvalue weighted by Crippen LogP contribution is 2.32. The summed E-state index contributed by atoms with van der Waals surface area (Å²) in [6.45, 7) is 0.805. The SMILES string of the molecule is COc1cccc(C(=O)N2CCCC2c2ccc[nH]2)c1. The second-order valence-corrected chi connectivity index (χ2v) is 5.01. The van der Waals surface area contributed by atoms with Gasteiger partial charge in [-0.15, -0.1) is 0 Å². The number of aromatic amines is 1. The Bertz CT molecular complexity index is 592. The van der Waals surface area contributed by atoms with Gasteiger partial charge in [0, 0.05) is 24.0 Å². The van der Waals surface area contributed by atoms with Crippen LogP contribution in [0.1, 0.15) is 34.9 Å². The maximum atomic E-state index is 12.7. The number of hydrogen-bond donors (Lipinski definition) is 1. The zero-order chi connectivity index (χ0) is 13.9. The molecule has 20 heavy (non-hydrogen) atoms. The molecule has 0 bridgehead atoms. The summed E-state index contributed by atoms with van der Waals surface area (Å²) < 4.78 is 5.19. The molecular formula is C16H18N2O2. The fourth-order valence-corrected chi connectivity index (χ4v) is 2.81. The Labute approximate surface area is 118 Å². The van der Waals surface area contributed by atoms with Crippen molar-refractivity contribution in [1.29, 1.82) is 0 Å². The van der Waals surface area contributed by atoms with Crippen LogP contribution in [0.3, 0.4) is 0 Å². The van der Waals surface area contributed by atoms with Crippen LogP contribution in [-0.4, -0.2) is 29.4 Å². The normalized spacial score (nSPS) is 18.2. The number of rotatable bonds is 3. The Morgan fingerprint density at radius 3 is 3.00 bits per heavy atom. The molecule has 1 fully saturated rings. The van der Waals surface area contributed by atoms with Gasteiger partial charge in [-0.2, -0.15) is 0 Å². The van der Waals surface area contributed by atoms with Gasteiger partial charge in [0.05, 0.1) is 13.2 Å². The molecule has 2 heterocycles. The number of benzene rings is 1. The molecule has 1 amide bonds. The summed E-state index contributed by atoms with van der Waals surface area (Å²) in [5.74, 6) is 0.785. The first-order chi connectivity index (χ1) is 9.79. The molecular weight excluding hydrogens is 252 g/mol. The quantitative estimate of drug-likeness (QED) is 0.932. The minimum Gasteiger partial charge on any atom is -0.497 e. The van der Waals surface area contributed by atoms with Crippen molar-refractivity contribution in [2.24, 2.45) is 0 Å². The molecule has 0 spiro atoms. The number of amides is 1. The van der Waals surface area contributed by atoms with Crippen molar-refractivity contribution in [2.75, 3.05) is 13.7 Å². The lowest BCUT2D eigenvalue weighted by molar-refractivity contribution is 0.0733. The Morgan fingerprint density at radius 2 is 2.25 bits per heavy atom. The van der Waals surface area contributed by atoms with E-state index in [1.807, 2.05) is 41.4 Å². The maximum Gasteiger partial charge on any atom is 0.254 e. The van der Waals surface area contributed by atoms with Crippen molar-refractivity contribution in [1.82, 2.24) is 9.88 Å². The van der Waals surface area contributed by atoms with Crippen LogP contribution in [0.4, 0.5) is 0 Å². The van der Waals surface area contributed by atoms with Gasteiger partial charge in [-0.3, -0.25) is 4.79 Å². The Balaban J connectivity index is 1.85. The number of ether oxygens (including phenoxy) is 1. The van der Waals surface area contributed by atoms with Gasteiger partial charge >= 0.3 is 0 Å². The van der Waals surface area contributed by atoms with Gasteiger partial charge in [0.2, 0.25) is 0 Å². The van der Waals surface area contributed by atoms with Crippen LogP contribution in [0.15, 0.2) is 42.6 Å². The summed E-state index contributed by atoms with van der Waals surface area (Å²) >= 11 is 0. The number of carbonyl (C=O) groups excluding carboxylic acids is 1. The largest absolute Gasteiger partial charge is 0.497 e. The van der Waals surface area contributed by atoms with Gasteiger partial charge in [-0.1, -0.05) is 6.07 Å². The van der Waals surface area contributed by atoms with Gasteiger partial charge in [0.15, 0.2) is 0 Å². The first kappa shape index (κ1) is 12.8. The van der Waals surface area contributed by atoms with E-state index in [9.17, 15) is 4.79 Å². The average molecular weight is 270 g/mol.